The Balaban J connectivity index is 4.73. The second kappa shape index (κ2) is 10.0. The molecule has 0 atom stereocenters. The van der Waals surface area contributed by atoms with Crippen LogP contribution >= 0.6 is 10.7 Å². The Hall–Kier alpha value is 0.200. The molecule has 0 spiro atoms. The van der Waals surface area contributed by atoms with Gasteiger partial charge in [0.05, 0.1) is 12.4 Å². The minimum atomic E-state index is -3.50. The number of hydrogen-bond donors (Lipinski definition) is 0. The first-order chi connectivity index (χ1) is 9.32. The SMILES string of the molecule is CCCC(CCC)(COCC(CC)CC)CS(=O)(=O)Cl. The second-order valence-corrected chi connectivity index (χ2v) is 8.66. The number of rotatable bonds is 12. The van der Waals surface area contributed by atoms with Crippen LogP contribution in [0.3, 0.4) is 0 Å². The van der Waals surface area contributed by atoms with Crippen LogP contribution in [-0.2, 0) is 13.8 Å². The van der Waals surface area contributed by atoms with Gasteiger partial charge in [-0.05, 0) is 18.8 Å². The van der Waals surface area contributed by atoms with Gasteiger partial charge in [-0.2, -0.15) is 0 Å². The van der Waals surface area contributed by atoms with E-state index in [1.807, 2.05) is 0 Å². The molecule has 0 heterocycles. The molecule has 0 bridgehead atoms. The summed E-state index contributed by atoms with van der Waals surface area (Å²) in [6, 6.07) is 0. The van der Waals surface area contributed by atoms with Gasteiger partial charge in [0, 0.05) is 22.7 Å². The van der Waals surface area contributed by atoms with E-state index in [-0.39, 0.29) is 11.2 Å². The average molecular weight is 327 g/mol. The molecule has 5 heteroatoms. The molecule has 0 aliphatic heterocycles. The molecule has 0 N–H and O–H groups in total. The van der Waals surface area contributed by atoms with Gasteiger partial charge < -0.3 is 4.74 Å². The Bertz CT molecular complexity index is 331. The lowest BCUT2D eigenvalue weighted by atomic mass is 9.82. The van der Waals surface area contributed by atoms with E-state index in [4.69, 9.17) is 15.4 Å². The summed E-state index contributed by atoms with van der Waals surface area (Å²) in [7, 11) is 2.01. The zero-order chi connectivity index (χ0) is 15.6. The van der Waals surface area contributed by atoms with E-state index in [1.54, 1.807) is 0 Å². The lowest BCUT2D eigenvalue weighted by Gasteiger charge is -2.32. The molecule has 0 aromatic rings. The molecular formula is C15H31ClO3S. The van der Waals surface area contributed by atoms with Gasteiger partial charge in [0.15, 0.2) is 0 Å². The van der Waals surface area contributed by atoms with Gasteiger partial charge in [0.2, 0.25) is 9.05 Å². The maximum absolute atomic E-state index is 11.5. The zero-order valence-corrected chi connectivity index (χ0v) is 15.0. The lowest BCUT2D eigenvalue weighted by Crippen LogP contribution is -2.34. The third kappa shape index (κ3) is 8.48. The van der Waals surface area contributed by atoms with E-state index >= 15 is 0 Å². The Morgan fingerprint density at radius 1 is 1.05 bits per heavy atom. The standard InChI is InChI=1S/C15H31ClO3S/c1-5-9-15(10-6-2,13-20(16,17)18)12-19-11-14(7-3)8-4/h14H,5-13H2,1-4H3. The van der Waals surface area contributed by atoms with E-state index in [1.165, 1.54) is 0 Å². The van der Waals surface area contributed by atoms with Crippen LogP contribution in [0.15, 0.2) is 0 Å². The van der Waals surface area contributed by atoms with Crippen molar-refractivity contribution < 1.29 is 13.2 Å². The van der Waals surface area contributed by atoms with Crippen molar-refractivity contribution in [3.8, 4) is 0 Å². The Kier molecular flexibility index (Phi) is 10.1. The molecule has 122 valence electrons. The maximum Gasteiger partial charge on any atom is 0.233 e. The summed E-state index contributed by atoms with van der Waals surface area (Å²) >= 11 is 0. The summed E-state index contributed by atoms with van der Waals surface area (Å²) < 4.78 is 28.9. The molecule has 0 radical (unpaired) electrons. The molecule has 3 nitrogen and oxygen atoms in total. The topological polar surface area (TPSA) is 43.4 Å². The van der Waals surface area contributed by atoms with E-state index in [0.29, 0.717) is 19.1 Å². The first-order valence-corrected chi connectivity index (χ1v) is 10.3. The van der Waals surface area contributed by atoms with Crippen LogP contribution in [0.25, 0.3) is 0 Å². The fraction of sp³-hybridized carbons (Fsp3) is 1.00. The third-order valence-corrected chi connectivity index (χ3v) is 5.24. The van der Waals surface area contributed by atoms with Crippen LogP contribution in [0, 0.1) is 11.3 Å². The van der Waals surface area contributed by atoms with Crippen molar-refractivity contribution >= 4 is 19.7 Å². The van der Waals surface area contributed by atoms with Crippen LogP contribution in [-0.4, -0.2) is 27.4 Å². The number of ether oxygens (including phenoxy) is 1. The molecule has 0 aromatic heterocycles. The Morgan fingerprint density at radius 2 is 1.55 bits per heavy atom. The van der Waals surface area contributed by atoms with Gasteiger partial charge in [0.1, 0.15) is 0 Å². The minimum absolute atomic E-state index is 0.0200. The first kappa shape index (κ1) is 20.2. The van der Waals surface area contributed by atoms with Crippen molar-refractivity contribution in [3.05, 3.63) is 0 Å². The summed E-state index contributed by atoms with van der Waals surface area (Å²) in [5.74, 6) is 0.579. The molecule has 0 saturated heterocycles. The fourth-order valence-corrected chi connectivity index (χ4v) is 4.65. The van der Waals surface area contributed by atoms with E-state index in [9.17, 15) is 8.42 Å². The predicted octanol–water partition coefficient (Wildman–Crippen LogP) is 4.59. The average Bonchev–Trinajstić information content (AvgIpc) is 2.33. The van der Waals surface area contributed by atoms with Gasteiger partial charge in [-0.1, -0.05) is 53.4 Å². The smallest absolute Gasteiger partial charge is 0.233 e. The van der Waals surface area contributed by atoms with Gasteiger partial charge in [-0.3, -0.25) is 0 Å². The largest absolute Gasteiger partial charge is 0.381 e. The molecule has 20 heavy (non-hydrogen) atoms. The van der Waals surface area contributed by atoms with Crippen LogP contribution in [0.5, 0.6) is 0 Å². The molecule has 0 fully saturated rings. The maximum atomic E-state index is 11.5. The lowest BCUT2D eigenvalue weighted by molar-refractivity contribution is 0.0237. The summed E-state index contributed by atoms with van der Waals surface area (Å²) in [6.07, 6.45) is 5.77. The van der Waals surface area contributed by atoms with Gasteiger partial charge in [-0.15, -0.1) is 0 Å². The van der Waals surface area contributed by atoms with Crippen LogP contribution in [0.2, 0.25) is 0 Å². The molecule has 0 saturated carbocycles. The van der Waals surface area contributed by atoms with Crippen molar-refractivity contribution in [1.29, 1.82) is 0 Å². The van der Waals surface area contributed by atoms with Crippen molar-refractivity contribution in [1.82, 2.24) is 0 Å². The van der Waals surface area contributed by atoms with Crippen molar-refractivity contribution in [2.45, 2.75) is 66.2 Å². The third-order valence-electron chi connectivity index (χ3n) is 3.96. The predicted molar refractivity (Wildman–Crippen MR) is 86.8 cm³/mol. The fourth-order valence-electron chi connectivity index (χ4n) is 2.85. The van der Waals surface area contributed by atoms with Gasteiger partial charge >= 0.3 is 0 Å². The normalized spacial score (nSPS) is 13.1. The first-order valence-electron chi connectivity index (χ1n) is 7.82. The van der Waals surface area contributed by atoms with Crippen molar-refractivity contribution in [2.24, 2.45) is 11.3 Å². The summed E-state index contributed by atoms with van der Waals surface area (Å²) in [6.45, 7) is 9.68. The molecule has 0 aliphatic carbocycles. The Labute approximate surface area is 129 Å². The molecule has 0 amide bonds. The number of hydrogen-bond acceptors (Lipinski definition) is 3. The van der Waals surface area contributed by atoms with Gasteiger partial charge in [-0.25, -0.2) is 8.42 Å². The highest BCUT2D eigenvalue weighted by atomic mass is 35.7. The van der Waals surface area contributed by atoms with Crippen molar-refractivity contribution in [3.63, 3.8) is 0 Å². The second-order valence-electron chi connectivity index (χ2n) is 5.88. The molecule has 0 aromatic carbocycles. The van der Waals surface area contributed by atoms with E-state index in [2.05, 4.69) is 27.7 Å². The molecule has 0 unspecified atom stereocenters. The monoisotopic (exact) mass is 326 g/mol. The van der Waals surface area contributed by atoms with Crippen molar-refractivity contribution in [2.75, 3.05) is 19.0 Å². The summed E-state index contributed by atoms with van der Waals surface area (Å²) in [5.41, 5.74) is -0.323. The highest BCUT2D eigenvalue weighted by Gasteiger charge is 2.33. The highest BCUT2D eigenvalue weighted by molar-refractivity contribution is 8.13. The molecule has 0 aliphatic rings. The quantitative estimate of drug-likeness (QED) is 0.492. The number of halogens is 1. The van der Waals surface area contributed by atoms with Crippen LogP contribution < -0.4 is 0 Å². The summed E-state index contributed by atoms with van der Waals surface area (Å²) in [5, 5.41) is 0. The van der Waals surface area contributed by atoms with E-state index in [0.717, 1.165) is 38.5 Å². The minimum Gasteiger partial charge on any atom is -0.381 e. The summed E-state index contributed by atoms with van der Waals surface area (Å²) in [4.78, 5) is 0. The highest BCUT2D eigenvalue weighted by Crippen LogP contribution is 2.33. The Morgan fingerprint density at radius 3 is 1.90 bits per heavy atom. The molecule has 0 rings (SSSR count). The van der Waals surface area contributed by atoms with E-state index < -0.39 is 9.05 Å². The zero-order valence-electron chi connectivity index (χ0n) is 13.5. The van der Waals surface area contributed by atoms with Crippen LogP contribution in [0.4, 0.5) is 0 Å². The van der Waals surface area contributed by atoms with Gasteiger partial charge in [0.25, 0.3) is 0 Å². The van der Waals surface area contributed by atoms with Crippen LogP contribution in [0.1, 0.15) is 66.2 Å². The molecular weight excluding hydrogens is 296 g/mol.